The Bertz CT molecular complexity index is 815. The van der Waals surface area contributed by atoms with Crippen molar-refractivity contribution in [2.45, 2.75) is 122 Å². The van der Waals surface area contributed by atoms with Crippen molar-refractivity contribution in [3.05, 3.63) is 12.2 Å². The van der Waals surface area contributed by atoms with Crippen LogP contribution in [0.5, 0.6) is 0 Å². The van der Waals surface area contributed by atoms with Crippen molar-refractivity contribution in [1.29, 1.82) is 0 Å². The average molecular weight is 637 g/mol. The number of aliphatic hydroxyl groups is 1. The Morgan fingerprint density at radius 2 is 1.37 bits per heavy atom. The molecule has 0 aromatic rings. The third-order valence-corrected chi connectivity index (χ3v) is 7.69. The summed E-state index contributed by atoms with van der Waals surface area (Å²) in [6, 6.07) is 0. The molecule has 0 aromatic heterocycles. The number of esters is 2. The maximum Gasteiger partial charge on any atom is 0.472 e. The predicted octanol–water partition coefficient (Wildman–Crippen LogP) is 5.66. The van der Waals surface area contributed by atoms with Gasteiger partial charge in [0.05, 0.1) is 33.9 Å². The lowest BCUT2D eigenvalue weighted by atomic mass is 10.0. The molecule has 2 unspecified atom stereocenters. The summed E-state index contributed by atoms with van der Waals surface area (Å²) in [6.07, 6.45) is 16.3. The number of rotatable bonds is 29. The van der Waals surface area contributed by atoms with Crippen molar-refractivity contribution >= 4 is 26.0 Å². The van der Waals surface area contributed by atoms with E-state index < -0.39 is 38.6 Å². The second-order valence-electron chi connectivity index (χ2n) is 12.0. The number of aliphatic hydroxyl groups excluding tert-OH is 1. The fourth-order valence-corrected chi connectivity index (χ4v) is 4.83. The summed E-state index contributed by atoms with van der Waals surface area (Å²) in [5.74, 6) is -1.18. The normalized spacial score (nSPS) is 14.7. The van der Waals surface area contributed by atoms with Crippen LogP contribution in [0.2, 0.25) is 0 Å². The number of phosphoric ester groups is 1. The molecular formula is C31H59NO10P+. The Morgan fingerprint density at radius 3 is 1.91 bits per heavy atom. The topological polar surface area (TPSA) is 146 Å². The summed E-state index contributed by atoms with van der Waals surface area (Å²) in [5, 5.41) is 9.77. The summed E-state index contributed by atoms with van der Waals surface area (Å²) in [5.41, 5.74) is 0. The first-order chi connectivity index (χ1) is 20.4. The van der Waals surface area contributed by atoms with Crippen molar-refractivity contribution in [2.75, 3.05) is 47.5 Å². The van der Waals surface area contributed by atoms with Gasteiger partial charge in [0, 0.05) is 12.8 Å². The number of aldehydes is 1. The molecule has 0 amide bonds. The number of carbonyl (C=O) groups is 3. The van der Waals surface area contributed by atoms with E-state index in [1.54, 1.807) is 0 Å². The first-order valence-electron chi connectivity index (χ1n) is 16.0. The first-order valence-corrected chi connectivity index (χ1v) is 17.5. The molecule has 0 bridgehead atoms. The number of unbranched alkanes of at least 4 members (excludes halogenated alkanes) is 12. The smallest absolute Gasteiger partial charge is 0.462 e. The highest BCUT2D eigenvalue weighted by molar-refractivity contribution is 7.47. The second kappa shape index (κ2) is 25.7. The van der Waals surface area contributed by atoms with Crippen LogP contribution in [0.25, 0.3) is 0 Å². The molecule has 0 saturated heterocycles. The SMILES string of the molecule is CCCCCCCCCCCCCCCC(=O)OC[C@H](COP(=O)(O)OCC[N+](C)(C)C)OC(=O)CCC(O)/C=C/C=O. The Kier molecular flexibility index (Phi) is 24.7. The molecule has 0 radical (unpaired) electrons. The number of nitrogens with zero attached hydrogens (tertiary/aromatic N) is 1. The van der Waals surface area contributed by atoms with Crippen molar-refractivity contribution in [3.63, 3.8) is 0 Å². The molecule has 0 aromatic carbocycles. The van der Waals surface area contributed by atoms with Gasteiger partial charge >= 0.3 is 19.8 Å². The standard InChI is InChI=1S/C31H58NO10P/c1-5-6-7-8-9-10-11-12-13-14-15-16-17-20-30(35)39-26-29(42-31(36)22-21-28(34)19-18-24-33)27-41-43(37,38)40-25-23-32(2,3)4/h18-19,24,28-29,34H,5-17,20-23,25-27H2,1-4H3/p+1/b19-18+/t28?,29-/m1/s1. The molecule has 0 spiro atoms. The van der Waals surface area contributed by atoms with Gasteiger partial charge < -0.3 is 24.0 Å². The predicted molar refractivity (Wildman–Crippen MR) is 166 cm³/mol. The lowest BCUT2D eigenvalue weighted by Crippen LogP contribution is -2.37. The largest absolute Gasteiger partial charge is 0.472 e. The van der Waals surface area contributed by atoms with Crippen LogP contribution in [-0.2, 0) is 37.5 Å². The van der Waals surface area contributed by atoms with Crippen LogP contribution in [0, 0.1) is 0 Å². The minimum Gasteiger partial charge on any atom is -0.462 e. The number of hydrogen-bond acceptors (Lipinski definition) is 9. The summed E-state index contributed by atoms with van der Waals surface area (Å²) in [7, 11) is 1.27. The molecule has 11 nitrogen and oxygen atoms in total. The lowest BCUT2D eigenvalue weighted by Gasteiger charge is -2.24. The fraction of sp³-hybridized carbons (Fsp3) is 0.839. The molecule has 0 aliphatic heterocycles. The van der Waals surface area contributed by atoms with Crippen LogP contribution < -0.4 is 0 Å². The van der Waals surface area contributed by atoms with Gasteiger partial charge in [-0.1, -0.05) is 90.0 Å². The summed E-state index contributed by atoms with van der Waals surface area (Å²) in [4.78, 5) is 45.0. The zero-order valence-electron chi connectivity index (χ0n) is 27.1. The van der Waals surface area contributed by atoms with E-state index in [1.807, 2.05) is 21.1 Å². The van der Waals surface area contributed by atoms with E-state index >= 15 is 0 Å². The molecule has 0 saturated carbocycles. The third kappa shape index (κ3) is 28.9. The molecule has 12 heteroatoms. The summed E-state index contributed by atoms with van der Waals surface area (Å²) >= 11 is 0. The molecule has 0 aliphatic rings. The Labute approximate surface area is 259 Å². The van der Waals surface area contributed by atoms with Crippen LogP contribution in [0.15, 0.2) is 12.2 Å². The van der Waals surface area contributed by atoms with E-state index in [2.05, 4.69) is 6.92 Å². The maximum absolute atomic E-state index is 12.3. The first kappa shape index (κ1) is 41.4. The average Bonchev–Trinajstić information content (AvgIpc) is 2.93. The van der Waals surface area contributed by atoms with Gasteiger partial charge in [-0.3, -0.25) is 23.4 Å². The van der Waals surface area contributed by atoms with E-state index in [1.165, 1.54) is 63.9 Å². The second-order valence-corrected chi connectivity index (χ2v) is 13.5. The van der Waals surface area contributed by atoms with Crippen molar-refractivity contribution in [2.24, 2.45) is 0 Å². The number of allylic oxidation sites excluding steroid dienone is 1. The van der Waals surface area contributed by atoms with Gasteiger partial charge in [-0.15, -0.1) is 0 Å². The van der Waals surface area contributed by atoms with Gasteiger partial charge in [-0.25, -0.2) is 4.57 Å². The summed E-state index contributed by atoms with van der Waals surface area (Å²) < 4.78 is 33.4. The highest BCUT2D eigenvalue weighted by Crippen LogP contribution is 2.43. The fourth-order valence-electron chi connectivity index (χ4n) is 4.09. The minimum absolute atomic E-state index is 0.00223. The monoisotopic (exact) mass is 636 g/mol. The Morgan fingerprint density at radius 1 is 0.814 bits per heavy atom. The van der Waals surface area contributed by atoms with Gasteiger partial charge in [0.2, 0.25) is 0 Å². The van der Waals surface area contributed by atoms with Crippen molar-refractivity contribution in [3.8, 4) is 0 Å². The zero-order chi connectivity index (χ0) is 32.4. The molecule has 0 aliphatic carbocycles. The molecule has 252 valence electrons. The number of quaternary nitrogens is 1. The molecule has 0 rings (SSSR count). The minimum atomic E-state index is -4.43. The number of carbonyl (C=O) groups excluding carboxylic acids is 3. The third-order valence-electron chi connectivity index (χ3n) is 6.71. The lowest BCUT2D eigenvalue weighted by molar-refractivity contribution is -0.870. The number of ether oxygens (including phenoxy) is 2. The van der Waals surface area contributed by atoms with E-state index in [0.717, 1.165) is 25.3 Å². The van der Waals surface area contributed by atoms with E-state index in [0.29, 0.717) is 23.7 Å². The maximum atomic E-state index is 12.3. The van der Waals surface area contributed by atoms with E-state index in [9.17, 15) is 28.9 Å². The van der Waals surface area contributed by atoms with Gasteiger partial charge in [0.1, 0.15) is 26.0 Å². The van der Waals surface area contributed by atoms with E-state index in [4.69, 9.17) is 18.5 Å². The summed E-state index contributed by atoms with van der Waals surface area (Å²) in [6.45, 7) is 1.79. The van der Waals surface area contributed by atoms with Crippen molar-refractivity contribution in [1.82, 2.24) is 0 Å². The number of hydrogen-bond donors (Lipinski definition) is 2. The van der Waals surface area contributed by atoms with Crippen LogP contribution in [0.1, 0.15) is 110 Å². The molecule has 0 heterocycles. The molecule has 2 N–H and O–H groups in total. The molecule has 0 fully saturated rings. The molecule has 43 heavy (non-hydrogen) atoms. The van der Waals surface area contributed by atoms with Crippen LogP contribution >= 0.6 is 7.82 Å². The quantitative estimate of drug-likeness (QED) is 0.0263. The molecular weight excluding hydrogens is 577 g/mol. The van der Waals surface area contributed by atoms with Gasteiger partial charge in [-0.05, 0) is 18.9 Å². The Hall–Kier alpha value is -1.62. The Balaban J connectivity index is 4.47. The van der Waals surface area contributed by atoms with Crippen LogP contribution in [0.3, 0.4) is 0 Å². The van der Waals surface area contributed by atoms with Crippen molar-refractivity contribution < 1.29 is 52.0 Å². The zero-order valence-corrected chi connectivity index (χ0v) is 28.0. The van der Waals surface area contributed by atoms with Gasteiger partial charge in [0.25, 0.3) is 0 Å². The molecule has 3 atom stereocenters. The number of likely N-dealkylation sites (N-methyl/N-ethyl adjacent to an activating group) is 1. The highest BCUT2D eigenvalue weighted by Gasteiger charge is 2.27. The van der Waals surface area contributed by atoms with Gasteiger partial charge in [-0.2, -0.15) is 0 Å². The van der Waals surface area contributed by atoms with E-state index in [-0.39, 0.29) is 32.5 Å². The van der Waals surface area contributed by atoms with Crippen LogP contribution in [0.4, 0.5) is 0 Å². The highest BCUT2D eigenvalue weighted by atomic mass is 31.2. The van der Waals surface area contributed by atoms with Gasteiger partial charge in [0.15, 0.2) is 6.10 Å². The van der Waals surface area contributed by atoms with Crippen LogP contribution in [-0.4, -0.2) is 92.4 Å². The number of phosphoric acid groups is 1.